The van der Waals surface area contributed by atoms with Crippen molar-refractivity contribution in [2.45, 2.75) is 31.0 Å². The van der Waals surface area contributed by atoms with Crippen LogP contribution in [0.2, 0.25) is 0 Å². The van der Waals surface area contributed by atoms with Crippen LogP contribution in [-0.4, -0.2) is 6.54 Å². The van der Waals surface area contributed by atoms with E-state index in [0.29, 0.717) is 0 Å². The molecule has 0 aliphatic rings. The lowest BCUT2D eigenvalue weighted by atomic mass is 10.1. The predicted molar refractivity (Wildman–Crippen MR) is 89.3 cm³/mol. The molecule has 0 saturated carbocycles. The van der Waals surface area contributed by atoms with Gasteiger partial charge in [0, 0.05) is 17.2 Å². The van der Waals surface area contributed by atoms with E-state index >= 15 is 0 Å². The Bertz CT molecular complexity index is 644. The Morgan fingerprint density at radius 3 is 2.71 bits per heavy atom. The minimum Gasteiger partial charge on any atom is -0.313 e. The molecule has 3 heteroatoms. The fourth-order valence-electron chi connectivity index (χ4n) is 2.13. The molecule has 0 aliphatic carbocycles. The zero-order chi connectivity index (χ0) is 15.1. The predicted octanol–water partition coefficient (Wildman–Crippen LogP) is 4.27. The zero-order valence-electron chi connectivity index (χ0n) is 12.5. The average Bonchev–Trinajstić information content (AvgIpc) is 2.51. The van der Waals surface area contributed by atoms with Crippen LogP contribution in [0.3, 0.4) is 0 Å². The summed E-state index contributed by atoms with van der Waals surface area (Å²) in [5.41, 5.74) is 4.49. The summed E-state index contributed by atoms with van der Waals surface area (Å²) in [5.74, 6) is 0.892. The van der Waals surface area contributed by atoms with E-state index in [-0.39, 0.29) is 0 Å². The average molecular weight is 296 g/mol. The summed E-state index contributed by atoms with van der Waals surface area (Å²) in [5, 5.41) is 12.6. The van der Waals surface area contributed by atoms with E-state index in [1.54, 1.807) is 11.8 Å². The molecule has 0 radical (unpaired) electrons. The van der Waals surface area contributed by atoms with Gasteiger partial charge in [0.25, 0.3) is 0 Å². The Kier molecular flexibility index (Phi) is 5.86. The molecule has 0 atom stereocenters. The van der Waals surface area contributed by atoms with Crippen molar-refractivity contribution in [2.24, 2.45) is 0 Å². The van der Waals surface area contributed by atoms with E-state index < -0.39 is 0 Å². The van der Waals surface area contributed by atoms with E-state index in [4.69, 9.17) is 0 Å². The monoisotopic (exact) mass is 296 g/mol. The molecule has 0 amide bonds. The van der Waals surface area contributed by atoms with Crippen molar-refractivity contribution in [1.82, 2.24) is 5.32 Å². The number of nitrogens with one attached hydrogen (secondary N) is 1. The topological polar surface area (TPSA) is 35.8 Å². The van der Waals surface area contributed by atoms with Gasteiger partial charge in [0.15, 0.2) is 0 Å². The number of rotatable bonds is 6. The van der Waals surface area contributed by atoms with Crippen LogP contribution in [0, 0.1) is 18.3 Å². The summed E-state index contributed by atoms with van der Waals surface area (Å²) >= 11 is 1.72. The molecule has 0 fully saturated rings. The molecule has 1 N–H and O–H groups in total. The van der Waals surface area contributed by atoms with E-state index in [9.17, 15) is 5.26 Å². The van der Waals surface area contributed by atoms with Gasteiger partial charge < -0.3 is 5.32 Å². The van der Waals surface area contributed by atoms with Crippen LogP contribution < -0.4 is 5.32 Å². The highest BCUT2D eigenvalue weighted by Crippen LogP contribution is 2.27. The molecular weight excluding hydrogens is 276 g/mol. The first-order valence-electron chi connectivity index (χ1n) is 7.15. The third-order valence-electron chi connectivity index (χ3n) is 3.22. The molecule has 0 aliphatic heterocycles. The van der Waals surface area contributed by atoms with E-state index in [1.165, 1.54) is 11.1 Å². The molecule has 21 heavy (non-hydrogen) atoms. The van der Waals surface area contributed by atoms with Gasteiger partial charge in [0.05, 0.1) is 5.56 Å². The first-order valence-corrected chi connectivity index (χ1v) is 8.13. The molecule has 0 aromatic heterocycles. The Morgan fingerprint density at radius 2 is 2.00 bits per heavy atom. The molecule has 0 bridgehead atoms. The zero-order valence-corrected chi connectivity index (χ0v) is 13.3. The maximum Gasteiger partial charge on any atom is 0.100 e. The third kappa shape index (κ3) is 4.63. The Hall–Kier alpha value is -1.76. The highest BCUT2D eigenvalue weighted by atomic mass is 32.2. The summed E-state index contributed by atoms with van der Waals surface area (Å²) in [6.07, 6.45) is 0. The molecule has 0 heterocycles. The highest BCUT2D eigenvalue weighted by molar-refractivity contribution is 7.98. The number of aryl methyl sites for hydroxylation is 1. The van der Waals surface area contributed by atoms with E-state index in [2.05, 4.69) is 61.6 Å². The number of nitrogens with zero attached hydrogens (tertiary/aromatic N) is 1. The maximum absolute atomic E-state index is 9.33. The minimum atomic E-state index is 0.767. The van der Waals surface area contributed by atoms with Gasteiger partial charge in [0.1, 0.15) is 6.07 Å². The normalized spacial score (nSPS) is 10.3. The van der Waals surface area contributed by atoms with Crippen molar-refractivity contribution in [3.05, 3.63) is 64.7 Å². The van der Waals surface area contributed by atoms with Crippen molar-refractivity contribution < 1.29 is 0 Å². The molecule has 0 saturated heterocycles. The number of thioether (sulfide) groups is 1. The van der Waals surface area contributed by atoms with Crippen LogP contribution >= 0.6 is 11.8 Å². The van der Waals surface area contributed by atoms with Crippen molar-refractivity contribution >= 4 is 11.8 Å². The van der Waals surface area contributed by atoms with Gasteiger partial charge in [-0.1, -0.05) is 42.8 Å². The second kappa shape index (κ2) is 7.87. The highest BCUT2D eigenvalue weighted by Gasteiger charge is 2.05. The largest absolute Gasteiger partial charge is 0.313 e. The molecule has 0 spiro atoms. The second-order valence-corrected chi connectivity index (χ2v) is 6.02. The number of hydrogen-bond donors (Lipinski definition) is 1. The van der Waals surface area contributed by atoms with Crippen LogP contribution in [0.4, 0.5) is 0 Å². The molecule has 0 unspecified atom stereocenters. The first-order chi connectivity index (χ1) is 10.2. The quantitative estimate of drug-likeness (QED) is 0.809. The van der Waals surface area contributed by atoms with Crippen molar-refractivity contribution in [3.8, 4) is 6.07 Å². The van der Waals surface area contributed by atoms with Gasteiger partial charge in [-0.15, -0.1) is 11.8 Å². The summed E-state index contributed by atoms with van der Waals surface area (Å²) in [4.78, 5) is 1.05. The number of benzene rings is 2. The van der Waals surface area contributed by atoms with Crippen LogP contribution in [0.1, 0.15) is 29.2 Å². The first kappa shape index (κ1) is 15.6. The lowest BCUT2D eigenvalue weighted by Crippen LogP contribution is -2.11. The summed E-state index contributed by atoms with van der Waals surface area (Å²) in [6.45, 7) is 5.93. The molecule has 2 nitrogen and oxygen atoms in total. The van der Waals surface area contributed by atoms with E-state index in [0.717, 1.165) is 34.9 Å². The lowest BCUT2D eigenvalue weighted by molar-refractivity contribution is 0.726. The van der Waals surface area contributed by atoms with Crippen LogP contribution in [0.15, 0.2) is 47.4 Å². The van der Waals surface area contributed by atoms with Crippen LogP contribution in [-0.2, 0) is 12.3 Å². The standard InChI is InChI=1S/C18H20N2S/c1-3-20-12-15-7-8-18(17(10-15)11-19)21-13-16-6-4-5-14(2)9-16/h4-10,20H,3,12-13H2,1-2H3. The van der Waals surface area contributed by atoms with Gasteiger partial charge in [-0.2, -0.15) is 5.26 Å². The Balaban J connectivity index is 2.07. The van der Waals surface area contributed by atoms with Gasteiger partial charge >= 0.3 is 0 Å². The fraction of sp³-hybridized carbons (Fsp3) is 0.278. The second-order valence-electron chi connectivity index (χ2n) is 5.00. The molecule has 2 aromatic rings. The summed E-state index contributed by atoms with van der Waals surface area (Å²) < 4.78 is 0. The maximum atomic E-state index is 9.33. The van der Waals surface area contributed by atoms with Gasteiger partial charge in [-0.3, -0.25) is 0 Å². The fourth-order valence-corrected chi connectivity index (χ4v) is 3.06. The molecule has 2 aromatic carbocycles. The Labute approximate surface area is 131 Å². The minimum absolute atomic E-state index is 0.767. The Morgan fingerprint density at radius 1 is 1.14 bits per heavy atom. The van der Waals surface area contributed by atoms with Crippen LogP contribution in [0.5, 0.6) is 0 Å². The summed E-state index contributed by atoms with van der Waals surface area (Å²) in [6, 6.07) is 17.0. The van der Waals surface area contributed by atoms with Crippen molar-refractivity contribution in [1.29, 1.82) is 5.26 Å². The van der Waals surface area contributed by atoms with E-state index in [1.807, 2.05) is 6.07 Å². The van der Waals surface area contributed by atoms with Crippen LogP contribution in [0.25, 0.3) is 0 Å². The third-order valence-corrected chi connectivity index (χ3v) is 4.37. The molecule has 2 rings (SSSR count). The SMILES string of the molecule is CCNCc1ccc(SCc2cccc(C)c2)c(C#N)c1. The number of hydrogen-bond acceptors (Lipinski definition) is 3. The van der Waals surface area contributed by atoms with Gasteiger partial charge in [0.2, 0.25) is 0 Å². The lowest BCUT2D eigenvalue weighted by Gasteiger charge is -2.08. The van der Waals surface area contributed by atoms with Gasteiger partial charge in [-0.25, -0.2) is 0 Å². The smallest absolute Gasteiger partial charge is 0.100 e. The molecular formula is C18H20N2S. The number of nitriles is 1. The van der Waals surface area contributed by atoms with Crippen molar-refractivity contribution in [2.75, 3.05) is 6.54 Å². The molecule has 108 valence electrons. The van der Waals surface area contributed by atoms with Gasteiger partial charge in [-0.05, 0) is 36.7 Å². The summed E-state index contributed by atoms with van der Waals surface area (Å²) in [7, 11) is 0. The van der Waals surface area contributed by atoms with Crippen molar-refractivity contribution in [3.63, 3.8) is 0 Å².